The predicted octanol–water partition coefficient (Wildman–Crippen LogP) is 2.93. The van der Waals surface area contributed by atoms with Crippen LogP contribution >= 0.6 is 11.3 Å². The van der Waals surface area contributed by atoms with E-state index in [9.17, 15) is 0 Å². The van der Waals surface area contributed by atoms with E-state index in [0.717, 1.165) is 42.9 Å². The first kappa shape index (κ1) is 13.3. The van der Waals surface area contributed by atoms with Crippen LogP contribution in [0.2, 0.25) is 0 Å². The van der Waals surface area contributed by atoms with Gasteiger partial charge in [0.15, 0.2) is 5.13 Å². The minimum absolute atomic E-state index is 0.736. The van der Waals surface area contributed by atoms with Crippen molar-refractivity contribution in [1.29, 1.82) is 0 Å². The molecule has 0 saturated heterocycles. The van der Waals surface area contributed by atoms with E-state index in [2.05, 4.69) is 40.2 Å². The summed E-state index contributed by atoms with van der Waals surface area (Å²) in [6.45, 7) is 3.53. The molecule has 0 spiro atoms. The van der Waals surface area contributed by atoms with E-state index in [1.807, 2.05) is 0 Å². The van der Waals surface area contributed by atoms with Gasteiger partial charge in [-0.2, -0.15) is 0 Å². The lowest BCUT2D eigenvalue weighted by atomic mass is 10.1. The highest BCUT2D eigenvalue weighted by molar-refractivity contribution is 7.15. The minimum Gasteiger partial charge on any atom is -0.375 e. The minimum atomic E-state index is 0.736. The first-order chi connectivity index (χ1) is 10.3. The Balaban J connectivity index is 1.34. The Kier molecular flexibility index (Phi) is 3.43. The van der Waals surface area contributed by atoms with Crippen molar-refractivity contribution in [3.8, 4) is 0 Å². The average molecular weight is 299 g/mol. The van der Waals surface area contributed by atoms with Gasteiger partial charge in [-0.1, -0.05) is 30.3 Å². The maximum absolute atomic E-state index is 5.81. The Morgan fingerprint density at radius 3 is 2.86 bits per heavy atom. The molecule has 3 nitrogen and oxygen atoms in total. The number of fused-ring (bicyclic) bond motifs is 1. The van der Waals surface area contributed by atoms with Crippen molar-refractivity contribution in [3.05, 3.63) is 46.5 Å². The number of hydrogen-bond donors (Lipinski definition) is 1. The number of nitrogens with two attached hydrogens (primary N) is 1. The molecule has 1 aromatic carbocycles. The Hall–Kier alpha value is -1.39. The van der Waals surface area contributed by atoms with Gasteiger partial charge in [0.05, 0.1) is 5.69 Å². The first-order valence-electron chi connectivity index (χ1n) is 7.81. The van der Waals surface area contributed by atoms with Crippen LogP contribution in [0.15, 0.2) is 30.3 Å². The van der Waals surface area contributed by atoms with Gasteiger partial charge in [-0.05, 0) is 30.2 Å². The largest absolute Gasteiger partial charge is 0.375 e. The maximum atomic E-state index is 5.81. The van der Waals surface area contributed by atoms with Gasteiger partial charge in [-0.3, -0.25) is 0 Å². The highest BCUT2D eigenvalue weighted by Gasteiger charge is 2.39. The van der Waals surface area contributed by atoms with Crippen molar-refractivity contribution in [2.45, 2.75) is 25.2 Å². The topological polar surface area (TPSA) is 42.1 Å². The standard InChI is InChI=1S/C17H21N3S/c18-17-19-15-6-8-20(9-7-16(15)21-17)11-13-10-14(13)12-4-2-1-3-5-12/h1-5,13-14H,6-11H2,(H2,18,19). The summed E-state index contributed by atoms with van der Waals surface area (Å²) in [5.41, 5.74) is 8.58. The molecule has 1 saturated carbocycles. The fraction of sp³-hybridized carbons (Fsp3) is 0.471. The van der Waals surface area contributed by atoms with E-state index in [1.165, 1.54) is 29.1 Å². The van der Waals surface area contributed by atoms with Crippen molar-refractivity contribution >= 4 is 16.5 Å². The van der Waals surface area contributed by atoms with Crippen LogP contribution in [0.1, 0.15) is 28.5 Å². The first-order valence-corrected chi connectivity index (χ1v) is 8.62. The summed E-state index contributed by atoms with van der Waals surface area (Å²) in [5.74, 6) is 1.64. The summed E-state index contributed by atoms with van der Waals surface area (Å²) < 4.78 is 0. The number of thiazole rings is 1. The monoisotopic (exact) mass is 299 g/mol. The molecule has 0 amide bonds. The third-order valence-corrected chi connectivity index (χ3v) is 5.74. The molecule has 1 aliphatic heterocycles. The Morgan fingerprint density at radius 1 is 1.19 bits per heavy atom. The lowest BCUT2D eigenvalue weighted by Crippen LogP contribution is -2.29. The van der Waals surface area contributed by atoms with Gasteiger partial charge >= 0.3 is 0 Å². The number of hydrogen-bond acceptors (Lipinski definition) is 4. The van der Waals surface area contributed by atoms with Crippen LogP contribution in [0.4, 0.5) is 5.13 Å². The molecular weight excluding hydrogens is 278 g/mol. The molecule has 2 unspecified atom stereocenters. The fourth-order valence-electron chi connectivity index (χ4n) is 3.50. The second-order valence-corrected chi connectivity index (χ2v) is 7.35. The molecule has 4 rings (SSSR count). The predicted molar refractivity (Wildman–Crippen MR) is 87.7 cm³/mol. The number of aromatic nitrogens is 1. The van der Waals surface area contributed by atoms with E-state index in [4.69, 9.17) is 5.73 Å². The SMILES string of the molecule is Nc1nc2c(s1)CCN(CC1CC1c1ccccc1)CC2. The number of benzene rings is 1. The number of anilines is 1. The Labute approximate surface area is 129 Å². The molecule has 2 N–H and O–H groups in total. The molecular formula is C17H21N3S. The normalized spacial score (nSPS) is 25.3. The molecule has 21 heavy (non-hydrogen) atoms. The number of nitrogen functional groups attached to an aromatic ring is 1. The van der Waals surface area contributed by atoms with E-state index in [-0.39, 0.29) is 0 Å². The third-order valence-electron chi connectivity index (χ3n) is 4.76. The average Bonchev–Trinajstić information content (AvgIpc) is 3.21. The molecule has 1 aromatic heterocycles. The quantitative estimate of drug-likeness (QED) is 0.947. The zero-order valence-electron chi connectivity index (χ0n) is 12.2. The molecule has 2 heterocycles. The van der Waals surface area contributed by atoms with Crippen molar-refractivity contribution in [2.75, 3.05) is 25.4 Å². The van der Waals surface area contributed by atoms with Crippen molar-refractivity contribution in [2.24, 2.45) is 5.92 Å². The molecule has 1 aliphatic carbocycles. The molecule has 0 radical (unpaired) electrons. The zero-order valence-corrected chi connectivity index (χ0v) is 13.0. The van der Waals surface area contributed by atoms with Gasteiger partial charge < -0.3 is 10.6 Å². The second kappa shape index (κ2) is 5.43. The van der Waals surface area contributed by atoms with Gasteiger partial charge in [0.25, 0.3) is 0 Å². The number of nitrogens with zero attached hydrogens (tertiary/aromatic N) is 2. The van der Waals surface area contributed by atoms with Gasteiger partial charge in [0.2, 0.25) is 0 Å². The second-order valence-electron chi connectivity index (χ2n) is 6.24. The molecule has 4 heteroatoms. The van der Waals surface area contributed by atoms with E-state index in [0.29, 0.717) is 0 Å². The van der Waals surface area contributed by atoms with Crippen LogP contribution in [0.5, 0.6) is 0 Å². The smallest absolute Gasteiger partial charge is 0.180 e. The van der Waals surface area contributed by atoms with Crippen molar-refractivity contribution in [3.63, 3.8) is 0 Å². The third kappa shape index (κ3) is 2.83. The van der Waals surface area contributed by atoms with Crippen LogP contribution in [0, 0.1) is 5.92 Å². The van der Waals surface area contributed by atoms with Crippen molar-refractivity contribution in [1.82, 2.24) is 9.88 Å². The molecule has 110 valence electrons. The van der Waals surface area contributed by atoms with Gasteiger partial charge in [-0.15, -0.1) is 11.3 Å². The number of rotatable bonds is 3. The van der Waals surface area contributed by atoms with E-state index < -0.39 is 0 Å². The Bertz CT molecular complexity index is 597. The fourth-order valence-corrected chi connectivity index (χ4v) is 4.37. The van der Waals surface area contributed by atoms with Crippen LogP contribution in [-0.4, -0.2) is 29.5 Å². The van der Waals surface area contributed by atoms with Crippen LogP contribution in [0.25, 0.3) is 0 Å². The van der Waals surface area contributed by atoms with Crippen LogP contribution in [0.3, 0.4) is 0 Å². The Morgan fingerprint density at radius 2 is 2.00 bits per heavy atom. The van der Waals surface area contributed by atoms with Crippen LogP contribution in [-0.2, 0) is 12.8 Å². The molecule has 1 fully saturated rings. The summed E-state index contributed by atoms with van der Waals surface area (Å²) in [6, 6.07) is 11.0. The summed E-state index contributed by atoms with van der Waals surface area (Å²) in [5, 5.41) is 0.736. The molecule has 2 aromatic rings. The summed E-state index contributed by atoms with van der Waals surface area (Å²) in [6.07, 6.45) is 3.53. The molecule has 2 atom stereocenters. The van der Waals surface area contributed by atoms with E-state index >= 15 is 0 Å². The highest BCUT2D eigenvalue weighted by Crippen LogP contribution is 2.47. The lowest BCUT2D eigenvalue weighted by molar-refractivity contribution is 0.274. The van der Waals surface area contributed by atoms with Crippen molar-refractivity contribution < 1.29 is 0 Å². The van der Waals surface area contributed by atoms with Gasteiger partial charge in [0, 0.05) is 30.9 Å². The lowest BCUT2D eigenvalue weighted by Gasteiger charge is -2.19. The highest BCUT2D eigenvalue weighted by atomic mass is 32.1. The zero-order chi connectivity index (χ0) is 14.2. The van der Waals surface area contributed by atoms with Gasteiger partial charge in [-0.25, -0.2) is 4.98 Å². The van der Waals surface area contributed by atoms with Crippen LogP contribution < -0.4 is 5.73 Å². The molecule has 0 bridgehead atoms. The van der Waals surface area contributed by atoms with E-state index in [1.54, 1.807) is 11.3 Å². The summed E-state index contributed by atoms with van der Waals surface area (Å²) >= 11 is 1.68. The van der Waals surface area contributed by atoms with Gasteiger partial charge in [0.1, 0.15) is 0 Å². The maximum Gasteiger partial charge on any atom is 0.180 e. The summed E-state index contributed by atoms with van der Waals surface area (Å²) in [4.78, 5) is 8.50. The summed E-state index contributed by atoms with van der Waals surface area (Å²) in [7, 11) is 0. The molecule has 2 aliphatic rings.